The maximum Gasteiger partial charge on any atom is 0.0402 e. The van der Waals surface area contributed by atoms with Gasteiger partial charge in [0.15, 0.2) is 0 Å². The van der Waals surface area contributed by atoms with Gasteiger partial charge in [-0.05, 0) is 13.8 Å². The van der Waals surface area contributed by atoms with Crippen molar-refractivity contribution in [2.75, 3.05) is 27.4 Å². The lowest BCUT2D eigenvalue weighted by Crippen LogP contribution is -1.66. The van der Waals surface area contributed by atoms with E-state index < -0.39 is 0 Å². The van der Waals surface area contributed by atoms with Crippen molar-refractivity contribution in [3.63, 3.8) is 0 Å². The Labute approximate surface area is 102 Å². The molecule has 0 aliphatic carbocycles. The molecule has 0 radical (unpaired) electrons. The molecule has 0 aliphatic heterocycles. The lowest BCUT2D eigenvalue weighted by atomic mass is 10.2. The quantitative estimate of drug-likeness (QED) is 0.569. The highest BCUT2D eigenvalue weighted by molar-refractivity contribution is 4.31. The molecule has 0 bridgehead atoms. The number of aliphatic hydroxyl groups excluding tert-OH is 4. The molecule has 0 aromatic heterocycles. The van der Waals surface area contributed by atoms with Gasteiger partial charge in [0.05, 0.1) is 0 Å². The van der Waals surface area contributed by atoms with Gasteiger partial charge < -0.3 is 20.4 Å². The summed E-state index contributed by atoms with van der Waals surface area (Å²) in [6.45, 7) is 8.32. The van der Waals surface area contributed by atoms with Crippen LogP contribution in [-0.4, -0.2) is 47.9 Å². The fraction of sp³-hybridized carbons (Fsp3) is 1.00. The first kappa shape index (κ1) is 29.7. The fourth-order valence-electron chi connectivity index (χ4n) is 0.500. The Kier molecular flexibility index (Phi) is 155. The summed E-state index contributed by atoms with van der Waals surface area (Å²) in [6, 6.07) is 0. The second kappa shape index (κ2) is 83.3. The summed E-state index contributed by atoms with van der Waals surface area (Å²) in [5, 5.41) is 29.1. The summed E-state index contributed by atoms with van der Waals surface area (Å²) in [5.41, 5.74) is 0. The zero-order chi connectivity index (χ0) is 14.2. The predicted octanol–water partition coefficient (Wildman–Crippen LogP) is 1.80. The van der Waals surface area contributed by atoms with Crippen LogP contribution >= 0.6 is 0 Å². The van der Waals surface area contributed by atoms with Crippen molar-refractivity contribution in [2.45, 2.75) is 53.4 Å². The van der Waals surface area contributed by atoms with E-state index in [4.69, 9.17) is 20.4 Å². The Bertz CT molecular complexity index is 38.0. The van der Waals surface area contributed by atoms with E-state index in [1.807, 2.05) is 0 Å². The van der Waals surface area contributed by atoms with Crippen LogP contribution in [0.25, 0.3) is 0 Å². The monoisotopic (exact) mass is 242 g/mol. The number of rotatable bonds is 3. The molecule has 4 N–H and O–H groups in total. The molecule has 4 nitrogen and oxygen atoms in total. The summed E-state index contributed by atoms with van der Waals surface area (Å²) in [7, 11) is 2.00. The minimum atomic E-state index is 0.250. The SMILES string of the molecule is CCCCCC.CCO.CCO.CO.CO. The molecule has 0 unspecified atom stereocenters. The Morgan fingerprint density at radius 3 is 0.750 bits per heavy atom. The average molecular weight is 242 g/mol. The van der Waals surface area contributed by atoms with Crippen LogP contribution in [0.15, 0.2) is 0 Å². The first-order valence-corrected chi connectivity index (χ1v) is 5.86. The van der Waals surface area contributed by atoms with E-state index in [1.54, 1.807) is 13.8 Å². The molecule has 106 valence electrons. The van der Waals surface area contributed by atoms with Crippen LogP contribution in [0.3, 0.4) is 0 Å². The first-order chi connectivity index (χ1) is 7.74. The third-order valence-corrected chi connectivity index (χ3v) is 0.957. The van der Waals surface area contributed by atoms with Crippen LogP contribution in [-0.2, 0) is 0 Å². The number of unbranched alkanes of at least 4 members (excludes halogenated alkanes) is 3. The van der Waals surface area contributed by atoms with Gasteiger partial charge in [-0.3, -0.25) is 0 Å². The highest BCUT2D eigenvalue weighted by atomic mass is 16.3. The van der Waals surface area contributed by atoms with Crippen molar-refractivity contribution in [3.8, 4) is 0 Å². The molecular weight excluding hydrogens is 208 g/mol. The van der Waals surface area contributed by atoms with Gasteiger partial charge >= 0.3 is 0 Å². The Morgan fingerprint density at radius 1 is 0.562 bits per heavy atom. The van der Waals surface area contributed by atoms with Gasteiger partial charge in [0.1, 0.15) is 0 Å². The second-order valence-corrected chi connectivity index (χ2v) is 2.34. The van der Waals surface area contributed by atoms with Crippen molar-refractivity contribution in [1.29, 1.82) is 0 Å². The molecule has 0 aromatic carbocycles. The molecule has 0 aromatic rings. The molecule has 0 rings (SSSR count). The highest BCUT2D eigenvalue weighted by Crippen LogP contribution is 1.95. The van der Waals surface area contributed by atoms with Crippen molar-refractivity contribution >= 4 is 0 Å². The molecule has 0 aliphatic rings. The van der Waals surface area contributed by atoms with Crippen LogP contribution < -0.4 is 0 Å². The summed E-state index contributed by atoms with van der Waals surface area (Å²) < 4.78 is 0. The molecule has 0 saturated carbocycles. The lowest BCUT2D eigenvalue weighted by molar-refractivity contribution is 0.318. The zero-order valence-corrected chi connectivity index (χ0v) is 12.0. The zero-order valence-electron chi connectivity index (χ0n) is 12.0. The molecule has 0 spiro atoms. The summed E-state index contributed by atoms with van der Waals surface area (Å²) >= 11 is 0. The highest BCUT2D eigenvalue weighted by Gasteiger charge is 1.75. The van der Waals surface area contributed by atoms with Crippen molar-refractivity contribution in [1.82, 2.24) is 0 Å². The van der Waals surface area contributed by atoms with Crippen molar-refractivity contribution in [3.05, 3.63) is 0 Å². The van der Waals surface area contributed by atoms with Crippen LogP contribution in [0, 0.1) is 0 Å². The summed E-state index contributed by atoms with van der Waals surface area (Å²) in [4.78, 5) is 0. The molecule has 16 heavy (non-hydrogen) atoms. The molecule has 4 heteroatoms. The molecular formula is C12H34O4. The Morgan fingerprint density at radius 2 is 0.688 bits per heavy atom. The van der Waals surface area contributed by atoms with Crippen LogP contribution in [0.2, 0.25) is 0 Å². The number of aliphatic hydroxyl groups is 4. The minimum Gasteiger partial charge on any atom is -0.400 e. The van der Waals surface area contributed by atoms with Gasteiger partial charge in [0.25, 0.3) is 0 Å². The van der Waals surface area contributed by atoms with Gasteiger partial charge in [-0.25, -0.2) is 0 Å². The Hall–Kier alpha value is -0.160. The minimum absolute atomic E-state index is 0.250. The van der Waals surface area contributed by atoms with Gasteiger partial charge in [0.2, 0.25) is 0 Å². The largest absolute Gasteiger partial charge is 0.400 e. The second-order valence-electron chi connectivity index (χ2n) is 2.34. The van der Waals surface area contributed by atoms with Crippen LogP contribution in [0.5, 0.6) is 0 Å². The number of hydrogen-bond donors (Lipinski definition) is 4. The van der Waals surface area contributed by atoms with Gasteiger partial charge in [-0.2, -0.15) is 0 Å². The van der Waals surface area contributed by atoms with Gasteiger partial charge in [-0.15, -0.1) is 0 Å². The maximum atomic E-state index is 7.57. The first-order valence-electron chi connectivity index (χ1n) is 5.86. The normalized spacial score (nSPS) is 6.38. The van der Waals surface area contributed by atoms with Gasteiger partial charge in [-0.1, -0.05) is 39.5 Å². The smallest absolute Gasteiger partial charge is 0.0402 e. The van der Waals surface area contributed by atoms with E-state index in [2.05, 4.69) is 13.8 Å². The third-order valence-electron chi connectivity index (χ3n) is 0.957. The average Bonchev–Trinajstić information content (AvgIpc) is 2.34. The summed E-state index contributed by atoms with van der Waals surface area (Å²) in [6.07, 6.45) is 5.54. The van der Waals surface area contributed by atoms with E-state index >= 15 is 0 Å². The fourth-order valence-corrected chi connectivity index (χ4v) is 0.500. The van der Waals surface area contributed by atoms with Gasteiger partial charge in [0, 0.05) is 27.4 Å². The van der Waals surface area contributed by atoms with Crippen molar-refractivity contribution in [2.24, 2.45) is 0 Å². The standard InChI is InChI=1S/C6H14.2C2H6O.2CH4O/c1-3-5-6-4-2;2*1-2-3;2*1-2/h3-6H2,1-2H3;2*3H,2H2,1H3;2*2H,1H3. The van der Waals surface area contributed by atoms with E-state index in [9.17, 15) is 0 Å². The van der Waals surface area contributed by atoms with E-state index in [0.29, 0.717) is 0 Å². The predicted molar refractivity (Wildman–Crippen MR) is 71.6 cm³/mol. The van der Waals surface area contributed by atoms with E-state index in [0.717, 1.165) is 14.2 Å². The Balaban J connectivity index is -0.0000000349. The van der Waals surface area contributed by atoms with E-state index in [-0.39, 0.29) is 13.2 Å². The molecule has 0 heterocycles. The maximum absolute atomic E-state index is 7.57. The molecule has 0 saturated heterocycles. The van der Waals surface area contributed by atoms with Crippen LogP contribution in [0.1, 0.15) is 53.4 Å². The lowest BCUT2D eigenvalue weighted by Gasteiger charge is -1.86. The molecule has 0 fully saturated rings. The molecule has 0 amide bonds. The topological polar surface area (TPSA) is 80.9 Å². The van der Waals surface area contributed by atoms with E-state index in [1.165, 1.54) is 25.7 Å². The van der Waals surface area contributed by atoms with Crippen molar-refractivity contribution < 1.29 is 20.4 Å². The summed E-state index contributed by atoms with van der Waals surface area (Å²) in [5.74, 6) is 0. The van der Waals surface area contributed by atoms with Crippen LogP contribution in [0.4, 0.5) is 0 Å². The number of hydrogen-bond acceptors (Lipinski definition) is 4. The third kappa shape index (κ3) is 283. The molecule has 0 atom stereocenters.